The van der Waals surface area contributed by atoms with E-state index in [-0.39, 0.29) is 11.9 Å². The molecule has 1 aliphatic rings. The minimum Gasteiger partial charge on any atom is -0.346 e. The SMILES string of the molecule is Cc1ccc(C)c([C@@H](C)NC(=O)c2ccc(CN3CCC[C@@H](C)C3)cc2)c1. The third-order valence-corrected chi connectivity index (χ3v) is 5.61. The highest BCUT2D eigenvalue weighted by Gasteiger charge is 2.17. The van der Waals surface area contributed by atoms with Crippen LogP contribution in [0.2, 0.25) is 0 Å². The van der Waals surface area contributed by atoms with Gasteiger partial charge >= 0.3 is 0 Å². The maximum Gasteiger partial charge on any atom is 0.251 e. The molecule has 144 valence electrons. The van der Waals surface area contributed by atoms with Crippen LogP contribution < -0.4 is 5.32 Å². The molecule has 0 radical (unpaired) electrons. The van der Waals surface area contributed by atoms with Gasteiger partial charge in [-0.05, 0) is 74.9 Å². The Hall–Kier alpha value is -2.13. The Labute approximate surface area is 163 Å². The van der Waals surface area contributed by atoms with Crippen molar-refractivity contribution in [2.24, 2.45) is 5.92 Å². The quantitative estimate of drug-likeness (QED) is 0.807. The molecule has 1 heterocycles. The largest absolute Gasteiger partial charge is 0.346 e. The molecule has 0 aliphatic carbocycles. The molecule has 1 aliphatic heterocycles. The smallest absolute Gasteiger partial charge is 0.251 e. The maximum atomic E-state index is 12.6. The number of hydrogen-bond donors (Lipinski definition) is 1. The van der Waals surface area contributed by atoms with Crippen LogP contribution in [0.15, 0.2) is 42.5 Å². The van der Waals surface area contributed by atoms with Gasteiger partial charge < -0.3 is 5.32 Å². The van der Waals surface area contributed by atoms with Gasteiger partial charge in [0.15, 0.2) is 0 Å². The van der Waals surface area contributed by atoms with Gasteiger partial charge in [0, 0.05) is 18.7 Å². The molecule has 2 aromatic rings. The Morgan fingerprint density at radius 3 is 2.63 bits per heavy atom. The number of piperidine rings is 1. The summed E-state index contributed by atoms with van der Waals surface area (Å²) in [5, 5.41) is 3.14. The highest BCUT2D eigenvalue weighted by atomic mass is 16.1. The van der Waals surface area contributed by atoms with Gasteiger partial charge in [-0.15, -0.1) is 0 Å². The third-order valence-electron chi connectivity index (χ3n) is 5.61. The van der Waals surface area contributed by atoms with Crippen LogP contribution in [0.25, 0.3) is 0 Å². The van der Waals surface area contributed by atoms with Crippen LogP contribution in [-0.4, -0.2) is 23.9 Å². The first kappa shape index (κ1) is 19.6. The molecule has 0 saturated carbocycles. The Kier molecular flexibility index (Phi) is 6.33. The molecule has 3 nitrogen and oxygen atoms in total. The topological polar surface area (TPSA) is 32.3 Å². The Bertz CT molecular complexity index is 781. The van der Waals surface area contributed by atoms with Crippen molar-refractivity contribution in [3.05, 3.63) is 70.3 Å². The number of nitrogens with zero attached hydrogens (tertiary/aromatic N) is 1. The van der Waals surface area contributed by atoms with Gasteiger partial charge in [-0.25, -0.2) is 0 Å². The van der Waals surface area contributed by atoms with Crippen LogP contribution >= 0.6 is 0 Å². The summed E-state index contributed by atoms with van der Waals surface area (Å²) in [6.07, 6.45) is 2.63. The van der Waals surface area contributed by atoms with Gasteiger partial charge in [-0.2, -0.15) is 0 Å². The van der Waals surface area contributed by atoms with Gasteiger partial charge in [0.05, 0.1) is 6.04 Å². The van der Waals surface area contributed by atoms with E-state index >= 15 is 0 Å². The van der Waals surface area contributed by atoms with Crippen LogP contribution in [-0.2, 0) is 6.54 Å². The zero-order valence-corrected chi connectivity index (χ0v) is 17.1. The molecule has 1 fully saturated rings. The number of hydrogen-bond acceptors (Lipinski definition) is 2. The molecule has 2 atom stereocenters. The lowest BCUT2D eigenvalue weighted by molar-refractivity contribution is 0.0940. The lowest BCUT2D eigenvalue weighted by atomic mass is 9.99. The summed E-state index contributed by atoms with van der Waals surface area (Å²) in [4.78, 5) is 15.2. The van der Waals surface area contributed by atoms with E-state index in [1.165, 1.54) is 48.2 Å². The second-order valence-corrected chi connectivity index (χ2v) is 8.23. The fourth-order valence-corrected chi connectivity index (χ4v) is 4.03. The number of carbonyl (C=O) groups is 1. The van der Waals surface area contributed by atoms with Crippen molar-refractivity contribution in [3.63, 3.8) is 0 Å². The fraction of sp³-hybridized carbons (Fsp3) is 0.458. The maximum absolute atomic E-state index is 12.6. The molecule has 1 amide bonds. The summed E-state index contributed by atoms with van der Waals surface area (Å²) >= 11 is 0. The molecule has 0 bridgehead atoms. The molecule has 1 saturated heterocycles. The molecule has 27 heavy (non-hydrogen) atoms. The van der Waals surface area contributed by atoms with E-state index in [0.717, 1.165) is 18.0 Å². The molecule has 0 aromatic heterocycles. The van der Waals surface area contributed by atoms with Crippen molar-refractivity contribution < 1.29 is 4.79 Å². The first-order valence-corrected chi connectivity index (χ1v) is 10.1. The highest BCUT2D eigenvalue weighted by Crippen LogP contribution is 2.20. The summed E-state index contributed by atoms with van der Waals surface area (Å²) in [6.45, 7) is 11.9. The van der Waals surface area contributed by atoms with E-state index in [1.807, 2.05) is 19.1 Å². The Morgan fingerprint density at radius 2 is 1.93 bits per heavy atom. The predicted octanol–water partition coefficient (Wildman–Crippen LogP) is 5.03. The van der Waals surface area contributed by atoms with E-state index in [2.05, 4.69) is 61.3 Å². The number of benzene rings is 2. The molecule has 1 N–H and O–H groups in total. The number of likely N-dealkylation sites (tertiary alicyclic amines) is 1. The van der Waals surface area contributed by atoms with Crippen molar-refractivity contribution >= 4 is 5.91 Å². The van der Waals surface area contributed by atoms with E-state index in [4.69, 9.17) is 0 Å². The molecule has 3 rings (SSSR count). The molecular weight excluding hydrogens is 332 g/mol. The van der Waals surface area contributed by atoms with Gasteiger partial charge in [0.25, 0.3) is 5.91 Å². The van der Waals surface area contributed by atoms with Crippen molar-refractivity contribution in [3.8, 4) is 0 Å². The van der Waals surface area contributed by atoms with Crippen molar-refractivity contribution in [2.75, 3.05) is 13.1 Å². The molecule has 3 heteroatoms. The molecule has 2 aromatic carbocycles. The third kappa shape index (κ3) is 5.20. The second-order valence-electron chi connectivity index (χ2n) is 8.23. The number of aryl methyl sites for hydroxylation is 2. The summed E-state index contributed by atoms with van der Waals surface area (Å²) in [6, 6.07) is 14.5. The van der Waals surface area contributed by atoms with Crippen LogP contribution in [0.4, 0.5) is 0 Å². The summed E-state index contributed by atoms with van der Waals surface area (Å²) in [5.74, 6) is 0.775. The van der Waals surface area contributed by atoms with Gasteiger partial charge in [-0.3, -0.25) is 9.69 Å². The number of amides is 1. The van der Waals surface area contributed by atoms with Crippen molar-refractivity contribution in [2.45, 2.75) is 53.1 Å². The fourth-order valence-electron chi connectivity index (χ4n) is 4.03. The average Bonchev–Trinajstić information content (AvgIpc) is 2.64. The van der Waals surface area contributed by atoms with Crippen LogP contribution in [0.1, 0.15) is 65.3 Å². The van der Waals surface area contributed by atoms with E-state index in [0.29, 0.717) is 0 Å². The minimum absolute atomic E-state index is 0.00749. The van der Waals surface area contributed by atoms with Crippen molar-refractivity contribution in [1.82, 2.24) is 10.2 Å². The normalized spacial score (nSPS) is 18.9. The minimum atomic E-state index is -0.0125. The van der Waals surface area contributed by atoms with Crippen LogP contribution in [0.5, 0.6) is 0 Å². The summed E-state index contributed by atoms with van der Waals surface area (Å²) in [7, 11) is 0. The second kappa shape index (κ2) is 8.71. The molecule has 0 spiro atoms. The predicted molar refractivity (Wildman–Crippen MR) is 112 cm³/mol. The first-order chi connectivity index (χ1) is 12.9. The average molecular weight is 365 g/mol. The first-order valence-electron chi connectivity index (χ1n) is 10.1. The summed E-state index contributed by atoms with van der Waals surface area (Å²) < 4.78 is 0. The Balaban J connectivity index is 1.61. The van der Waals surface area contributed by atoms with Gasteiger partial charge in [0.2, 0.25) is 0 Å². The van der Waals surface area contributed by atoms with Crippen LogP contribution in [0, 0.1) is 19.8 Å². The number of rotatable bonds is 5. The number of nitrogens with one attached hydrogen (secondary N) is 1. The van der Waals surface area contributed by atoms with Gasteiger partial charge in [0.1, 0.15) is 0 Å². The number of carbonyl (C=O) groups excluding carboxylic acids is 1. The zero-order chi connectivity index (χ0) is 19.4. The lowest BCUT2D eigenvalue weighted by Crippen LogP contribution is -2.33. The molecule has 0 unspecified atom stereocenters. The zero-order valence-electron chi connectivity index (χ0n) is 17.1. The van der Waals surface area contributed by atoms with Gasteiger partial charge in [-0.1, -0.05) is 42.8 Å². The monoisotopic (exact) mass is 364 g/mol. The van der Waals surface area contributed by atoms with E-state index in [9.17, 15) is 4.79 Å². The summed E-state index contributed by atoms with van der Waals surface area (Å²) in [5.41, 5.74) is 5.61. The van der Waals surface area contributed by atoms with Crippen LogP contribution in [0.3, 0.4) is 0 Å². The van der Waals surface area contributed by atoms with E-state index in [1.54, 1.807) is 0 Å². The lowest BCUT2D eigenvalue weighted by Gasteiger charge is -2.30. The highest BCUT2D eigenvalue weighted by molar-refractivity contribution is 5.94. The standard InChI is InChI=1S/C24H32N2O/c1-17-7-8-19(3)23(14-17)20(4)25-24(27)22-11-9-21(10-12-22)16-26-13-5-6-18(2)15-26/h7-12,14,18,20H,5-6,13,15-16H2,1-4H3,(H,25,27)/t18-,20-/m1/s1. The van der Waals surface area contributed by atoms with E-state index < -0.39 is 0 Å². The Morgan fingerprint density at radius 1 is 1.19 bits per heavy atom. The molecular formula is C24H32N2O. The van der Waals surface area contributed by atoms with Crippen molar-refractivity contribution in [1.29, 1.82) is 0 Å².